The van der Waals surface area contributed by atoms with E-state index < -0.39 is 0 Å². The Hall–Kier alpha value is -2.75. The number of allylic oxidation sites excluding steroid dienone is 1. The fourth-order valence-electron chi connectivity index (χ4n) is 4.13. The van der Waals surface area contributed by atoms with E-state index in [2.05, 4.69) is 30.5 Å². The van der Waals surface area contributed by atoms with Crippen LogP contribution in [0.5, 0.6) is 5.75 Å². The Bertz CT molecular complexity index is 914. The number of hydrogen-bond acceptors (Lipinski definition) is 4. The molecule has 0 bridgehead atoms. The summed E-state index contributed by atoms with van der Waals surface area (Å²) in [5.74, 6) is 1.02. The van der Waals surface area contributed by atoms with E-state index in [-0.39, 0.29) is 17.2 Å². The Morgan fingerprint density at radius 1 is 1.04 bits per heavy atom. The Morgan fingerprint density at radius 3 is 2.52 bits per heavy atom. The maximum atomic E-state index is 13.2. The second kappa shape index (κ2) is 6.76. The van der Waals surface area contributed by atoms with E-state index in [1.165, 1.54) is 0 Å². The molecule has 1 aliphatic carbocycles. The molecule has 4 nitrogen and oxygen atoms in total. The molecule has 27 heavy (non-hydrogen) atoms. The number of benzene rings is 2. The summed E-state index contributed by atoms with van der Waals surface area (Å²) in [7, 11) is 0. The summed E-state index contributed by atoms with van der Waals surface area (Å²) in [5, 5.41) is 7.16. The molecule has 2 aliphatic rings. The molecule has 4 heteroatoms. The molecule has 2 aromatic rings. The van der Waals surface area contributed by atoms with Gasteiger partial charge in [-0.3, -0.25) is 4.79 Å². The number of hydrogen-bond donors (Lipinski definition) is 2. The van der Waals surface area contributed by atoms with Gasteiger partial charge >= 0.3 is 0 Å². The summed E-state index contributed by atoms with van der Waals surface area (Å²) in [4.78, 5) is 13.2. The van der Waals surface area contributed by atoms with Gasteiger partial charge in [0.05, 0.1) is 24.0 Å². The first-order valence-electron chi connectivity index (χ1n) is 9.59. The highest BCUT2D eigenvalue weighted by molar-refractivity contribution is 6.01. The first-order chi connectivity index (χ1) is 13.0. The fraction of sp³-hybridized carbons (Fsp3) is 0.348. The molecule has 0 saturated heterocycles. The summed E-state index contributed by atoms with van der Waals surface area (Å²) in [6.45, 7) is 6.88. The van der Waals surface area contributed by atoms with Gasteiger partial charge in [0.25, 0.3) is 0 Å². The summed E-state index contributed by atoms with van der Waals surface area (Å²) in [5.41, 5.74) is 4.80. The molecular weight excluding hydrogens is 336 g/mol. The van der Waals surface area contributed by atoms with Crippen molar-refractivity contribution in [2.24, 2.45) is 5.41 Å². The molecule has 1 aliphatic heterocycles. The van der Waals surface area contributed by atoms with E-state index in [0.29, 0.717) is 13.0 Å². The monoisotopic (exact) mass is 362 g/mol. The zero-order valence-corrected chi connectivity index (χ0v) is 16.1. The lowest BCUT2D eigenvalue weighted by Gasteiger charge is -2.34. The van der Waals surface area contributed by atoms with Crippen molar-refractivity contribution in [3.05, 3.63) is 65.4 Å². The van der Waals surface area contributed by atoms with Gasteiger partial charge in [0.1, 0.15) is 5.75 Å². The second-order valence-corrected chi connectivity index (χ2v) is 8.05. The van der Waals surface area contributed by atoms with Gasteiger partial charge < -0.3 is 15.4 Å². The smallest absolute Gasteiger partial charge is 0.163 e. The highest BCUT2D eigenvalue weighted by Gasteiger charge is 2.39. The van der Waals surface area contributed by atoms with Crippen LogP contribution >= 0.6 is 0 Å². The van der Waals surface area contributed by atoms with E-state index in [4.69, 9.17) is 4.74 Å². The first kappa shape index (κ1) is 17.7. The lowest BCUT2D eigenvalue weighted by molar-refractivity contribution is -0.118. The van der Waals surface area contributed by atoms with Crippen LogP contribution in [0.4, 0.5) is 11.4 Å². The lowest BCUT2D eigenvalue weighted by Crippen LogP contribution is -2.31. The third-order valence-corrected chi connectivity index (χ3v) is 5.25. The van der Waals surface area contributed by atoms with Gasteiger partial charge in [0.15, 0.2) is 5.78 Å². The number of ether oxygens (including phenoxy) is 1. The summed E-state index contributed by atoms with van der Waals surface area (Å²) < 4.78 is 5.88. The van der Waals surface area contributed by atoms with Crippen molar-refractivity contribution >= 4 is 17.2 Å². The number of rotatable bonds is 3. The van der Waals surface area contributed by atoms with E-state index in [9.17, 15) is 4.79 Å². The van der Waals surface area contributed by atoms with E-state index >= 15 is 0 Å². The molecule has 0 amide bonds. The molecular formula is C23H26N2O2. The van der Waals surface area contributed by atoms with Crippen LogP contribution in [0, 0.1) is 5.41 Å². The zero-order chi connectivity index (χ0) is 19.0. The molecule has 140 valence electrons. The molecule has 0 fully saturated rings. The molecule has 1 heterocycles. The van der Waals surface area contributed by atoms with Gasteiger partial charge in [-0.05, 0) is 37.0 Å². The summed E-state index contributed by atoms with van der Waals surface area (Å²) in [6.07, 6.45) is 1.40. The number of fused-ring (bicyclic) bond motifs is 1. The van der Waals surface area contributed by atoms with Crippen LogP contribution in [0.15, 0.2) is 59.8 Å². The highest BCUT2D eigenvalue weighted by atomic mass is 16.5. The number of ketones is 1. The Kier molecular flexibility index (Phi) is 4.42. The van der Waals surface area contributed by atoms with Crippen LogP contribution < -0.4 is 15.4 Å². The molecule has 1 unspecified atom stereocenters. The minimum atomic E-state index is -0.234. The van der Waals surface area contributed by atoms with Crippen LogP contribution in [-0.4, -0.2) is 12.4 Å². The SMILES string of the molecule is CCOc1ccccc1C1Nc2ccccc2NC2=C1C(=O)CC(C)(C)C2. The van der Waals surface area contributed by atoms with E-state index in [1.54, 1.807) is 0 Å². The van der Waals surface area contributed by atoms with Gasteiger partial charge in [-0.25, -0.2) is 0 Å². The zero-order valence-electron chi connectivity index (χ0n) is 16.1. The van der Waals surface area contributed by atoms with Crippen molar-refractivity contribution in [3.63, 3.8) is 0 Å². The number of nitrogens with one attached hydrogen (secondary N) is 2. The lowest BCUT2D eigenvalue weighted by atomic mass is 9.73. The van der Waals surface area contributed by atoms with E-state index in [0.717, 1.165) is 40.4 Å². The van der Waals surface area contributed by atoms with Crippen molar-refractivity contribution in [2.75, 3.05) is 17.2 Å². The van der Waals surface area contributed by atoms with Gasteiger partial charge in [0, 0.05) is 23.3 Å². The maximum Gasteiger partial charge on any atom is 0.163 e. The number of para-hydroxylation sites is 3. The van der Waals surface area contributed by atoms with Crippen molar-refractivity contribution in [1.82, 2.24) is 0 Å². The molecule has 2 aromatic carbocycles. The third-order valence-electron chi connectivity index (χ3n) is 5.25. The van der Waals surface area contributed by atoms with Crippen LogP contribution in [0.1, 0.15) is 45.2 Å². The summed E-state index contributed by atoms with van der Waals surface area (Å²) in [6, 6.07) is 15.9. The van der Waals surface area contributed by atoms with Crippen molar-refractivity contribution in [2.45, 2.75) is 39.7 Å². The number of Topliss-reactive ketones (excluding diaryl/α,β-unsaturated/α-hetero) is 1. The van der Waals surface area contributed by atoms with Crippen molar-refractivity contribution in [3.8, 4) is 5.75 Å². The van der Waals surface area contributed by atoms with E-state index in [1.807, 2.05) is 49.4 Å². The largest absolute Gasteiger partial charge is 0.494 e. The van der Waals surface area contributed by atoms with Gasteiger partial charge in [0.2, 0.25) is 0 Å². The average molecular weight is 362 g/mol. The number of anilines is 2. The molecule has 0 radical (unpaired) electrons. The molecule has 0 saturated carbocycles. The van der Waals surface area contributed by atoms with Crippen LogP contribution in [0.25, 0.3) is 0 Å². The Balaban J connectivity index is 1.90. The third kappa shape index (κ3) is 3.32. The molecule has 0 spiro atoms. The highest BCUT2D eigenvalue weighted by Crippen LogP contribution is 2.46. The first-order valence-corrected chi connectivity index (χ1v) is 9.59. The minimum absolute atomic E-state index is 0.0494. The van der Waals surface area contributed by atoms with Gasteiger partial charge in [-0.1, -0.05) is 44.2 Å². The molecule has 4 rings (SSSR count). The number of carbonyl (C=O) groups is 1. The number of carbonyl (C=O) groups excluding carboxylic acids is 1. The Labute approximate surface area is 160 Å². The topological polar surface area (TPSA) is 50.4 Å². The quantitative estimate of drug-likeness (QED) is 0.777. The van der Waals surface area contributed by atoms with Crippen LogP contribution in [-0.2, 0) is 4.79 Å². The predicted octanol–water partition coefficient (Wildman–Crippen LogP) is 5.31. The summed E-state index contributed by atoms with van der Waals surface area (Å²) >= 11 is 0. The molecule has 2 N–H and O–H groups in total. The average Bonchev–Trinajstić information content (AvgIpc) is 2.77. The normalized spacial score (nSPS) is 20.7. The second-order valence-electron chi connectivity index (χ2n) is 8.05. The maximum absolute atomic E-state index is 13.2. The van der Waals surface area contributed by atoms with Crippen molar-refractivity contribution in [1.29, 1.82) is 0 Å². The van der Waals surface area contributed by atoms with Gasteiger partial charge in [-0.2, -0.15) is 0 Å². The van der Waals surface area contributed by atoms with Crippen LogP contribution in [0.2, 0.25) is 0 Å². The Morgan fingerprint density at radius 2 is 1.74 bits per heavy atom. The molecule has 1 atom stereocenters. The fourth-order valence-corrected chi connectivity index (χ4v) is 4.13. The van der Waals surface area contributed by atoms with Gasteiger partial charge in [-0.15, -0.1) is 0 Å². The predicted molar refractivity (Wildman–Crippen MR) is 109 cm³/mol. The van der Waals surface area contributed by atoms with Crippen LogP contribution in [0.3, 0.4) is 0 Å². The standard InChI is InChI=1S/C23H26N2O2/c1-4-27-20-12-8-5-9-15(20)22-21-18(13-23(2,3)14-19(21)26)24-16-10-6-7-11-17(16)25-22/h5-12,22,24-25H,4,13-14H2,1-3H3. The van der Waals surface area contributed by atoms with Crippen molar-refractivity contribution < 1.29 is 9.53 Å². The molecule has 0 aromatic heterocycles. The minimum Gasteiger partial charge on any atom is -0.494 e.